The zero-order chi connectivity index (χ0) is 25.4. The van der Waals surface area contributed by atoms with Gasteiger partial charge in [0.25, 0.3) is 5.91 Å². The summed E-state index contributed by atoms with van der Waals surface area (Å²) in [6.45, 7) is 4.95. The summed E-state index contributed by atoms with van der Waals surface area (Å²) in [4.78, 5) is 23.5. The van der Waals surface area contributed by atoms with Gasteiger partial charge in [0, 0.05) is 35.1 Å². The summed E-state index contributed by atoms with van der Waals surface area (Å²) in [5.41, 5.74) is 2.91. The second kappa shape index (κ2) is 11.9. The van der Waals surface area contributed by atoms with Crippen molar-refractivity contribution in [2.24, 2.45) is 11.1 Å². The molecule has 0 saturated carbocycles. The number of hydrogen-bond acceptors (Lipinski definition) is 5. The molecule has 1 aromatic carbocycles. The molecular formula is C26H30F3N3O3. The lowest BCUT2D eigenvalue weighted by atomic mass is 10.0. The van der Waals surface area contributed by atoms with Crippen LogP contribution < -0.4 is 10.1 Å². The van der Waals surface area contributed by atoms with Gasteiger partial charge >= 0.3 is 6.18 Å². The Morgan fingerprint density at radius 1 is 1.23 bits per heavy atom. The van der Waals surface area contributed by atoms with Gasteiger partial charge < -0.3 is 15.0 Å². The second-order valence-corrected chi connectivity index (χ2v) is 8.77. The first kappa shape index (κ1) is 26.2. The van der Waals surface area contributed by atoms with Crippen molar-refractivity contribution in [2.75, 3.05) is 13.2 Å². The van der Waals surface area contributed by atoms with E-state index in [0.717, 1.165) is 47.2 Å². The minimum absolute atomic E-state index is 0.0529. The highest BCUT2D eigenvalue weighted by Gasteiger charge is 2.35. The fraction of sp³-hybridized carbons (Fsp3) is 0.423. The number of rotatable bonds is 10. The van der Waals surface area contributed by atoms with Gasteiger partial charge in [0.05, 0.1) is 13.2 Å². The molecule has 1 aromatic rings. The average molecular weight is 490 g/mol. The number of benzene rings is 1. The molecule has 2 heterocycles. The summed E-state index contributed by atoms with van der Waals surface area (Å²) < 4.78 is 45.0. The molecule has 0 saturated heterocycles. The van der Waals surface area contributed by atoms with Gasteiger partial charge in [0.1, 0.15) is 11.4 Å². The molecule has 3 rings (SSSR count). The molecule has 0 aliphatic carbocycles. The number of nitrogens with zero attached hydrogens (tertiary/aromatic N) is 2. The van der Waals surface area contributed by atoms with Crippen molar-refractivity contribution in [1.29, 1.82) is 0 Å². The standard InChI is InChI=1S/C26H30F3N3O3/c1-18(15-25(33)31-34)7-6-14-35-23-11-4-3-9-21(23)17-32-19(2)8-5-10-22(32)20-12-13-24(30-16-20)26(27,28)29/h3-4,8-13,18,30H,5-7,14-17H2,1-2H3/t18-/m1/s1. The fourth-order valence-electron chi connectivity index (χ4n) is 4.13. The van der Waals surface area contributed by atoms with Crippen molar-refractivity contribution in [3.63, 3.8) is 0 Å². The average Bonchev–Trinajstić information content (AvgIpc) is 2.83. The van der Waals surface area contributed by atoms with Crippen LogP contribution in [-0.4, -0.2) is 30.1 Å². The number of dihydropyridines is 1. The molecule has 1 N–H and O–H groups in total. The van der Waals surface area contributed by atoms with Crippen LogP contribution in [-0.2, 0) is 11.3 Å². The van der Waals surface area contributed by atoms with Crippen LogP contribution in [0.15, 0.2) is 76.4 Å². The minimum atomic E-state index is -4.40. The molecule has 1 amide bonds. The largest absolute Gasteiger partial charge is 0.493 e. The van der Waals surface area contributed by atoms with Gasteiger partial charge in [-0.25, -0.2) is 0 Å². The second-order valence-electron chi connectivity index (χ2n) is 8.77. The summed E-state index contributed by atoms with van der Waals surface area (Å²) in [6, 6.07) is 7.68. The highest BCUT2D eigenvalue weighted by Crippen LogP contribution is 2.33. The van der Waals surface area contributed by atoms with E-state index in [0.29, 0.717) is 19.6 Å². The molecule has 9 heteroatoms. The summed E-state index contributed by atoms with van der Waals surface area (Å²) in [7, 11) is 0. The predicted molar refractivity (Wildman–Crippen MR) is 128 cm³/mol. The van der Waals surface area contributed by atoms with Gasteiger partial charge in [-0.15, -0.1) is 4.91 Å². The molecule has 1 atom stereocenters. The molecule has 0 radical (unpaired) electrons. The Balaban J connectivity index is 1.67. The van der Waals surface area contributed by atoms with E-state index in [1.54, 1.807) is 0 Å². The van der Waals surface area contributed by atoms with Gasteiger partial charge in [-0.2, -0.15) is 13.2 Å². The molecule has 35 heavy (non-hydrogen) atoms. The van der Waals surface area contributed by atoms with Gasteiger partial charge in [0.2, 0.25) is 0 Å². The third kappa shape index (κ3) is 7.31. The molecule has 0 aromatic heterocycles. The van der Waals surface area contributed by atoms with Crippen LogP contribution in [0, 0.1) is 10.8 Å². The molecular weight excluding hydrogens is 459 g/mol. The van der Waals surface area contributed by atoms with Gasteiger partial charge in [0.15, 0.2) is 0 Å². The van der Waals surface area contributed by atoms with E-state index in [9.17, 15) is 22.9 Å². The lowest BCUT2D eigenvalue weighted by molar-refractivity contribution is -0.118. The Bertz CT molecular complexity index is 1060. The summed E-state index contributed by atoms with van der Waals surface area (Å²) in [5, 5.41) is 4.92. The van der Waals surface area contributed by atoms with E-state index in [1.807, 2.05) is 44.2 Å². The lowest BCUT2D eigenvalue weighted by Gasteiger charge is -2.34. The van der Waals surface area contributed by atoms with E-state index >= 15 is 0 Å². The molecule has 0 bridgehead atoms. The fourth-order valence-corrected chi connectivity index (χ4v) is 4.13. The van der Waals surface area contributed by atoms with E-state index in [-0.39, 0.29) is 18.9 Å². The Morgan fingerprint density at radius 2 is 2.00 bits per heavy atom. The van der Waals surface area contributed by atoms with Crippen LogP contribution in [0.25, 0.3) is 0 Å². The molecule has 0 spiro atoms. The van der Waals surface area contributed by atoms with Crippen LogP contribution in [0.4, 0.5) is 13.2 Å². The van der Waals surface area contributed by atoms with Crippen molar-refractivity contribution in [2.45, 2.75) is 52.3 Å². The third-order valence-corrected chi connectivity index (χ3v) is 6.02. The highest BCUT2D eigenvalue weighted by molar-refractivity contribution is 5.76. The molecule has 0 unspecified atom stereocenters. The number of carbonyl (C=O) groups excluding carboxylic acids is 1. The molecule has 6 nitrogen and oxygen atoms in total. The first-order valence-electron chi connectivity index (χ1n) is 11.6. The van der Waals surface area contributed by atoms with Crippen LogP contribution in [0.5, 0.6) is 5.75 Å². The number of hydrogen-bond donors (Lipinski definition) is 1. The third-order valence-electron chi connectivity index (χ3n) is 6.02. The number of allylic oxidation sites excluding steroid dienone is 6. The zero-order valence-electron chi connectivity index (χ0n) is 19.9. The van der Waals surface area contributed by atoms with Gasteiger partial charge in [-0.1, -0.05) is 43.4 Å². The van der Waals surface area contributed by atoms with E-state index in [1.165, 1.54) is 6.08 Å². The summed E-state index contributed by atoms with van der Waals surface area (Å²) in [5.74, 6) is 0.154. The topological polar surface area (TPSA) is 71.0 Å². The van der Waals surface area contributed by atoms with Crippen molar-refractivity contribution in [3.8, 4) is 5.75 Å². The first-order valence-corrected chi connectivity index (χ1v) is 11.6. The number of ether oxygens (including phenoxy) is 1. The Kier molecular flexibility index (Phi) is 8.89. The van der Waals surface area contributed by atoms with Crippen molar-refractivity contribution in [1.82, 2.24) is 10.2 Å². The Labute approximate surface area is 203 Å². The SMILES string of the molecule is CC1=CCC=C(C2=CC=C(C(F)(F)F)NC2)N1Cc1ccccc1OCCC[C@@H](C)CC(=O)N=O. The maximum absolute atomic E-state index is 13.0. The minimum Gasteiger partial charge on any atom is -0.493 e. The number of para-hydroxylation sites is 1. The normalized spacial score (nSPS) is 16.9. The predicted octanol–water partition coefficient (Wildman–Crippen LogP) is 6.13. The maximum Gasteiger partial charge on any atom is 0.430 e. The van der Waals surface area contributed by atoms with Gasteiger partial charge in [-0.05, 0) is 49.8 Å². The highest BCUT2D eigenvalue weighted by atomic mass is 19.4. The number of amides is 1. The van der Waals surface area contributed by atoms with Crippen LogP contribution in [0.2, 0.25) is 0 Å². The lowest BCUT2D eigenvalue weighted by Crippen LogP contribution is -2.33. The number of nitroso groups, excluding NO2 is 1. The number of nitrogens with one attached hydrogen (secondary N) is 1. The van der Waals surface area contributed by atoms with Crippen LogP contribution in [0.3, 0.4) is 0 Å². The van der Waals surface area contributed by atoms with Crippen molar-refractivity contribution in [3.05, 3.63) is 81.7 Å². The van der Waals surface area contributed by atoms with E-state index in [2.05, 4.69) is 21.5 Å². The number of alkyl halides is 3. The zero-order valence-corrected chi connectivity index (χ0v) is 19.9. The van der Waals surface area contributed by atoms with E-state index in [4.69, 9.17) is 4.74 Å². The quantitative estimate of drug-likeness (QED) is 0.316. The van der Waals surface area contributed by atoms with Crippen molar-refractivity contribution >= 4 is 5.91 Å². The van der Waals surface area contributed by atoms with E-state index < -0.39 is 17.8 Å². The maximum atomic E-state index is 13.0. The number of halogens is 3. The summed E-state index contributed by atoms with van der Waals surface area (Å²) in [6.07, 6.45) is 4.63. The molecule has 0 fully saturated rings. The van der Waals surface area contributed by atoms with Crippen LogP contribution >= 0.6 is 0 Å². The first-order chi connectivity index (χ1) is 16.7. The van der Waals surface area contributed by atoms with Gasteiger partial charge in [-0.3, -0.25) is 4.79 Å². The molecule has 2 aliphatic heterocycles. The number of carbonyl (C=O) groups is 1. The smallest absolute Gasteiger partial charge is 0.430 e. The molecule has 188 valence electrons. The summed E-state index contributed by atoms with van der Waals surface area (Å²) >= 11 is 0. The Morgan fingerprint density at radius 3 is 2.69 bits per heavy atom. The van der Waals surface area contributed by atoms with Crippen molar-refractivity contribution < 1.29 is 22.7 Å². The van der Waals surface area contributed by atoms with Crippen LogP contribution in [0.1, 0.15) is 45.1 Å². The Hall–Kier alpha value is -3.36. The molecule has 2 aliphatic rings. The monoisotopic (exact) mass is 489 g/mol.